The Morgan fingerprint density at radius 1 is 1.04 bits per heavy atom. The predicted molar refractivity (Wildman–Crippen MR) is 92.6 cm³/mol. The second-order valence-electron chi connectivity index (χ2n) is 5.79. The lowest BCUT2D eigenvalue weighted by molar-refractivity contribution is -0.127. The minimum absolute atomic E-state index is 0.225. The summed E-state index contributed by atoms with van der Waals surface area (Å²) >= 11 is 0. The summed E-state index contributed by atoms with van der Waals surface area (Å²) in [5, 5.41) is 2.80. The number of sulfone groups is 1. The fourth-order valence-corrected chi connectivity index (χ4v) is 2.82. The molecule has 0 saturated carbocycles. The molecule has 0 aliphatic rings. The van der Waals surface area contributed by atoms with Crippen molar-refractivity contribution in [2.75, 3.05) is 6.26 Å². The van der Waals surface area contributed by atoms with E-state index >= 15 is 0 Å². The highest BCUT2D eigenvalue weighted by Gasteiger charge is 2.18. The van der Waals surface area contributed by atoms with Crippen LogP contribution in [0.3, 0.4) is 0 Å². The van der Waals surface area contributed by atoms with Crippen LogP contribution in [-0.4, -0.2) is 26.7 Å². The lowest BCUT2D eigenvalue weighted by Gasteiger charge is -2.19. The first-order valence-corrected chi connectivity index (χ1v) is 9.58. The number of nitrogens with one attached hydrogen (secondary N) is 1. The molecule has 0 unspecified atom stereocenters. The van der Waals surface area contributed by atoms with Gasteiger partial charge in [-0.2, -0.15) is 0 Å². The lowest BCUT2D eigenvalue weighted by atomic mass is 10.1. The van der Waals surface area contributed by atoms with E-state index in [2.05, 4.69) is 5.32 Å². The first-order chi connectivity index (χ1) is 11.7. The summed E-state index contributed by atoms with van der Waals surface area (Å²) < 4.78 is 41.3. The number of carbonyl (C=O) groups is 1. The number of hydrogen-bond acceptors (Lipinski definition) is 4. The van der Waals surface area contributed by atoms with Gasteiger partial charge in [0.05, 0.1) is 10.9 Å². The summed E-state index contributed by atoms with van der Waals surface area (Å²) in [5.41, 5.74) is 0.773. The normalized spacial score (nSPS) is 13.8. The van der Waals surface area contributed by atoms with Gasteiger partial charge in [0.25, 0.3) is 5.91 Å². The molecule has 0 fully saturated rings. The number of halogens is 1. The predicted octanol–water partition coefficient (Wildman–Crippen LogP) is 2.87. The largest absolute Gasteiger partial charge is 0.481 e. The van der Waals surface area contributed by atoms with E-state index in [1.54, 1.807) is 26.0 Å². The number of ether oxygens (including phenoxy) is 1. The molecule has 0 aromatic heterocycles. The van der Waals surface area contributed by atoms with Crippen LogP contribution in [0.2, 0.25) is 0 Å². The van der Waals surface area contributed by atoms with Gasteiger partial charge in [0.2, 0.25) is 0 Å². The SMILES string of the molecule is C[C@H](Oc1ccc(F)cc1)C(=O)N[C@@H](C)c1ccc(S(C)(=O)=O)cc1. The van der Waals surface area contributed by atoms with Gasteiger partial charge in [-0.25, -0.2) is 12.8 Å². The van der Waals surface area contributed by atoms with Gasteiger partial charge in [-0.15, -0.1) is 0 Å². The summed E-state index contributed by atoms with van der Waals surface area (Å²) in [4.78, 5) is 12.4. The minimum Gasteiger partial charge on any atom is -0.481 e. The number of carbonyl (C=O) groups excluding carboxylic acids is 1. The molecule has 1 amide bonds. The molecule has 2 aromatic rings. The monoisotopic (exact) mass is 365 g/mol. The molecular weight excluding hydrogens is 345 g/mol. The Bertz CT molecular complexity index is 832. The lowest BCUT2D eigenvalue weighted by Crippen LogP contribution is -2.37. The molecule has 134 valence electrons. The fraction of sp³-hybridized carbons (Fsp3) is 0.278. The fourth-order valence-electron chi connectivity index (χ4n) is 2.19. The van der Waals surface area contributed by atoms with Crippen LogP contribution in [0.1, 0.15) is 25.5 Å². The second kappa shape index (κ2) is 7.65. The summed E-state index contributed by atoms with van der Waals surface area (Å²) in [6.07, 6.45) is 0.380. The standard InChI is InChI=1S/C18H20FNO4S/c1-12(14-4-10-17(11-5-14)25(3,22)23)20-18(21)13(2)24-16-8-6-15(19)7-9-16/h4-13H,1-3H3,(H,20,21)/t12-,13-/m0/s1. The Morgan fingerprint density at radius 2 is 1.60 bits per heavy atom. The molecular formula is C18H20FNO4S. The van der Waals surface area contributed by atoms with Crippen molar-refractivity contribution in [3.8, 4) is 5.75 Å². The maximum absolute atomic E-state index is 12.9. The second-order valence-corrected chi connectivity index (χ2v) is 7.80. The molecule has 0 radical (unpaired) electrons. The molecule has 0 aliphatic carbocycles. The average molecular weight is 365 g/mol. The zero-order valence-electron chi connectivity index (χ0n) is 14.2. The highest BCUT2D eigenvalue weighted by atomic mass is 32.2. The number of benzene rings is 2. The number of hydrogen-bond donors (Lipinski definition) is 1. The topological polar surface area (TPSA) is 72.5 Å². The summed E-state index contributed by atoms with van der Waals surface area (Å²) in [6.45, 7) is 3.39. The summed E-state index contributed by atoms with van der Waals surface area (Å²) in [5.74, 6) is -0.311. The van der Waals surface area contributed by atoms with E-state index in [4.69, 9.17) is 4.74 Å². The molecule has 0 spiro atoms. The van der Waals surface area contributed by atoms with E-state index in [1.807, 2.05) is 0 Å². The van der Waals surface area contributed by atoms with Crippen molar-refractivity contribution in [3.05, 3.63) is 59.9 Å². The van der Waals surface area contributed by atoms with E-state index < -0.39 is 15.9 Å². The van der Waals surface area contributed by atoms with Crippen molar-refractivity contribution in [2.45, 2.75) is 30.9 Å². The Kier molecular flexibility index (Phi) is 5.79. The van der Waals surface area contributed by atoms with E-state index in [0.717, 1.165) is 11.8 Å². The van der Waals surface area contributed by atoms with Gasteiger partial charge in [-0.1, -0.05) is 12.1 Å². The first kappa shape index (κ1) is 18.9. The maximum Gasteiger partial charge on any atom is 0.261 e. The Hall–Kier alpha value is -2.41. The zero-order chi connectivity index (χ0) is 18.6. The van der Waals surface area contributed by atoms with Crippen LogP contribution in [0.4, 0.5) is 4.39 Å². The third-order valence-corrected chi connectivity index (χ3v) is 4.79. The molecule has 0 bridgehead atoms. The van der Waals surface area contributed by atoms with Crippen LogP contribution < -0.4 is 10.1 Å². The van der Waals surface area contributed by atoms with Crippen molar-refractivity contribution >= 4 is 15.7 Å². The maximum atomic E-state index is 12.9. The quantitative estimate of drug-likeness (QED) is 0.854. The van der Waals surface area contributed by atoms with Gasteiger partial charge < -0.3 is 10.1 Å². The average Bonchev–Trinajstić information content (AvgIpc) is 2.56. The number of rotatable bonds is 6. The highest BCUT2D eigenvalue weighted by Crippen LogP contribution is 2.17. The molecule has 2 rings (SSSR count). The third-order valence-electron chi connectivity index (χ3n) is 3.66. The van der Waals surface area contributed by atoms with Crippen LogP contribution in [0.15, 0.2) is 53.4 Å². The van der Waals surface area contributed by atoms with Crippen LogP contribution in [-0.2, 0) is 14.6 Å². The molecule has 0 saturated heterocycles. The Balaban J connectivity index is 1.97. The van der Waals surface area contributed by atoms with Crippen LogP contribution in [0.5, 0.6) is 5.75 Å². The van der Waals surface area contributed by atoms with Gasteiger partial charge in [0, 0.05) is 6.26 Å². The van der Waals surface area contributed by atoms with Gasteiger partial charge in [-0.3, -0.25) is 4.79 Å². The van der Waals surface area contributed by atoms with Crippen LogP contribution in [0, 0.1) is 5.82 Å². The Labute approximate surface area is 146 Å². The van der Waals surface area contributed by atoms with Gasteiger partial charge in [0.1, 0.15) is 11.6 Å². The zero-order valence-corrected chi connectivity index (χ0v) is 15.0. The minimum atomic E-state index is -3.25. The van der Waals surface area contributed by atoms with E-state index in [9.17, 15) is 17.6 Å². The summed E-state index contributed by atoms with van der Waals surface area (Å²) in [7, 11) is -3.25. The van der Waals surface area contributed by atoms with E-state index in [1.165, 1.54) is 36.4 Å². The Morgan fingerprint density at radius 3 is 2.12 bits per heavy atom. The van der Waals surface area contributed by atoms with Gasteiger partial charge in [0.15, 0.2) is 15.9 Å². The van der Waals surface area contributed by atoms with Crippen molar-refractivity contribution in [1.29, 1.82) is 0 Å². The molecule has 2 atom stereocenters. The van der Waals surface area contributed by atoms with Crippen molar-refractivity contribution < 1.29 is 22.3 Å². The van der Waals surface area contributed by atoms with Crippen LogP contribution >= 0.6 is 0 Å². The van der Waals surface area contributed by atoms with Crippen molar-refractivity contribution in [2.24, 2.45) is 0 Å². The molecule has 0 heterocycles. The summed E-state index contributed by atoms with van der Waals surface area (Å²) in [6, 6.07) is 11.4. The third kappa shape index (κ3) is 5.29. The first-order valence-electron chi connectivity index (χ1n) is 7.69. The smallest absolute Gasteiger partial charge is 0.261 e. The van der Waals surface area contributed by atoms with E-state index in [0.29, 0.717) is 5.75 Å². The van der Waals surface area contributed by atoms with Gasteiger partial charge >= 0.3 is 0 Å². The van der Waals surface area contributed by atoms with Crippen molar-refractivity contribution in [1.82, 2.24) is 5.32 Å². The van der Waals surface area contributed by atoms with Crippen molar-refractivity contribution in [3.63, 3.8) is 0 Å². The van der Waals surface area contributed by atoms with Crippen LogP contribution in [0.25, 0.3) is 0 Å². The van der Waals surface area contributed by atoms with E-state index in [-0.39, 0.29) is 22.7 Å². The highest BCUT2D eigenvalue weighted by molar-refractivity contribution is 7.90. The molecule has 2 aromatic carbocycles. The molecule has 0 aliphatic heterocycles. The molecule has 7 heteroatoms. The molecule has 5 nitrogen and oxygen atoms in total. The van der Waals surface area contributed by atoms with Gasteiger partial charge in [-0.05, 0) is 55.8 Å². The molecule has 25 heavy (non-hydrogen) atoms. The molecule has 1 N–H and O–H groups in total. The number of amides is 1.